The Kier molecular flexibility index (Phi) is 6.15. The Hall–Kier alpha value is -3.52. The minimum atomic E-state index is -0.806. The highest BCUT2D eigenvalue weighted by Crippen LogP contribution is 2.56. The molecule has 35 heavy (non-hydrogen) atoms. The molecule has 0 aliphatic carbocycles. The van der Waals surface area contributed by atoms with Crippen molar-refractivity contribution in [3.63, 3.8) is 0 Å². The van der Waals surface area contributed by atoms with Gasteiger partial charge in [0.1, 0.15) is 23.2 Å². The van der Waals surface area contributed by atoms with Crippen LogP contribution in [0, 0.1) is 0 Å². The van der Waals surface area contributed by atoms with Crippen molar-refractivity contribution in [2.75, 3.05) is 0 Å². The van der Waals surface area contributed by atoms with Gasteiger partial charge < -0.3 is 20.0 Å². The third-order valence-electron chi connectivity index (χ3n) is 6.48. The van der Waals surface area contributed by atoms with Crippen LogP contribution in [-0.2, 0) is 22.6 Å². The van der Waals surface area contributed by atoms with E-state index in [1.54, 1.807) is 41.1 Å². The van der Waals surface area contributed by atoms with Gasteiger partial charge in [0.05, 0.1) is 12.8 Å². The number of thioether (sulfide) groups is 1. The van der Waals surface area contributed by atoms with Crippen molar-refractivity contribution >= 4 is 29.5 Å². The minimum Gasteiger partial charge on any atom is -0.467 e. The second kappa shape index (κ2) is 9.26. The van der Waals surface area contributed by atoms with Gasteiger partial charge in [-0.15, -0.1) is 11.8 Å². The van der Waals surface area contributed by atoms with E-state index >= 15 is 0 Å². The zero-order valence-electron chi connectivity index (χ0n) is 19.6. The van der Waals surface area contributed by atoms with E-state index in [2.05, 4.69) is 10.6 Å². The summed E-state index contributed by atoms with van der Waals surface area (Å²) in [4.78, 5) is 41.8. The molecule has 2 aromatic carbocycles. The van der Waals surface area contributed by atoms with Gasteiger partial charge in [-0.25, -0.2) is 0 Å². The van der Waals surface area contributed by atoms with E-state index in [0.29, 0.717) is 17.7 Å². The fraction of sp³-hybridized carbons (Fsp3) is 0.296. The molecule has 5 rings (SSSR count). The first-order chi connectivity index (χ1) is 16.8. The highest BCUT2D eigenvalue weighted by Gasteiger charge is 2.57. The fourth-order valence-corrected chi connectivity index (χ4v) is 6.41. The predicted molar refractivity (Wildman–Crippen MR) is 133 cm³/mol. The molecule has 0 radical (unpaired) electrons. The van der Waals surface area contributed by atoms with Crippen LogP contribution in [0.1, 0.15) is 46.5 Å². The number of nitrogens with one attached hydrogen (secondary N) is 2. The molecule has 0 bridgehead atoms. The number of fused-ring (bicyclic) bond motifs is 3. The zero-order valence-corrected chi connectivity index (χ0v) is 20.4. The molecule has 8 heteroatoms. The summed E-state index contributed by atoms with van der Waals surface area (Å²) >= 11 is 1.60. The standard InChI is InChI=1S/C27H27N3O4S/c1-27(2)22(30-25(33)19-12-6-7-13-20(19)26(30)35-27)24(32)29-21(15-17-9-4-3-5-10-17)23(31)28-16-18-11-8-14-34-18/h3-14,21-22,26H,15-16H2,1-2H3,(H,28,31)(H,29,32). The Bertz CT molecular complexity index is 1240. The normalized spacial score (nSPS) is 20.7. The zero-order chi connectivity index (χ0) is 24.6. The molecule has 180 valence electrons. The van der Waals surface area contributed by atoms with E-state index < -0.39 is 16.8 Å². The topological polar surface area (TPSA) is 91.7 Å². The number of carbonyl (C=O) groups excluding carboxylic acids is 3. The predicted octanol–water partition coefficient (Wildman–Crippen LogP) is 3.67. The molecule has 1 saturated heterocycles. The van der Waals surface area contributed by atoms with E-state index in [1.165, 1.54) is 0 Å². The summed E-state index contributed by atoms with van der Waals surface area (Å²) in [6.45, 7) is 4.17. The van der Waals surface area contributed by atoms with Gasteiger partial charge in [-0.2, -0.15) is 0 Å². The van der Waals surface area contributed by atoms with Crippen molar-refractivity contribution in [3.05, 3.63) is 95.4 Å². The quantitative estimate of drug-likeness (QED) is 0.528. The Morgan fingerprint density at radius 3 is 2.54 bits per heavy atom. The molecular weight excluding hydrogens is 462 g/mol. The first-order valence-corrected chi connectivity index (χ1v) is 12.5. The van der Waals surface area contributed by atoms with Crippen LogP contribution in [0.2, 0.25) is 0 Å². The molecule has 2 N–H and O–H groups in total. The lowest BCUT2D eigenvalue weighted by Gasteiger charge is -2.31. The summed E-state index contributed by atoms with van der Waals surface area (Å²) in [6, 6.07) is 19.1. The maximum Gasteiger partial charge on any atom is 0.256 e. The lowest BCUT2D eigenvalue weighted by molar-refractivity contribution is -0.131. The van der Waals surface area contributed by atoms with Crippen LogP contribution in [0.25, 0.3) is 0 Å². The molecule has 3 atom stereocenters. The SMILES string of the molecule is CC1(C)SC2c3ccccc3C(=O)N2C1C(=O)NC(Cc1ccccc1)C(=O)NCc1ccco1. The average Bonchev–Trinajstić information content (AvgIpc) is 3.53. The number of carbonyl (C=O) groups is 3. The van der Waals surface area contributed by atoms with Gasteiger partial charge in [0.2, 0.25) is 11.8 Å². The van der Waals surface area contributed by atoms with Crippen LogP contribution in [0.5, 0.6) is 0 Å². The number of hydrogen-bond acceptors (Lipinski definition) is 5. The van der Waals surface area contributed by atoms with Gasteiger partial charge in [0, 0.05) is 16.7 Å². The maximum atomic E-state index is 13.7. The number of hydrogen-bond donors (Lipinski definition) is 2. The van der Waals surface area contributed by atoms with E-state index in [-0.39, 0.29) is 29.6 Å². The molecule has 3 amide bonds. The average molecular weight is 490 g/mol. The number of rotatable bonds is 7. The van der Waals surface area contributed by atoms with Gasteiger partial charge >= 0.3 is 0 Å². The van der Waals surface area contributed by atoms with E-state index in [0.717, 1.165) is 11.1 Å². The van der Waals surface area contributed by atoms with Crippen LogP contribution in [0.3, 0.4) is 0 Å². The maximum absolute atomic E-state index is 13.7. The molecule has 0 saturated carbocycles. The van der Waals surface area contributed by atoms with Gasteiger partial charge in [-0.1, -0.05) is 48.5 Å². The largest absolute Gasteiger partial charge is 0.467 e. The number of benzene rings is 2. The summed E-state index contributed by atoms with van der Waals surface area (Å²) in [5, 5.41) is 5.60. The molecule has 3 unspecified atom stereocenters. The molecule has 3 aromatic rings. The Balaban J connectivity index is 1.37. The first-order valence-electron chi connectivity index (χ1n) is 11.6. The Morgan fingerprint density at radius 2 is 1.80 bits per heavy atom. The van der Waals surface area contributed by atoms with Crippen molar-refractivity contribution in [2.45, 2.75) is 49.0 Å². The van der Waals surface area contributed by atoms with Gasteiger partial charge in [-0.3, -0.25) is 14.4 Å². The van der Waals surface area contributed by atoms with E-state index in [4.69, 9.17) is 4.42 Å². The fourth-order valence-electron chi connectivity index (χ4n) is 4.82. The lowest BCUT2D eigenvalue weighted by atomic mass is 9.99. The van der Waals surface area contributed by atoms with Crippen LogP contribution >= 0.6 is 11.8 Å². The highest BCUT2D eigenvalue weighted by molar-refractivity contribution is 8.01. The van der Waals surface area contributed by atoms with Crippen molar-refractivity contribution in [3.8, 4) is 0 Å². The van der Waals surface area contributed by atoms with E-state index in [9.17, 15) is 14.4 Å². The van der Waals surface area contributed by atoms with E-state index in [1.807, 2.05) is 62.4 Å². The molecule has 0 spiro atoms. The van der Waals surface area contributed by atoms with Gasteiger partial charge in [0.25, 0.3) is 5.91 Å². The minimum absolute atomic E-state index is 0.147. The van der Waals surface area contributed by atoms with Crippen molar-refractivity contribution in [1.82, 2.24) is 15.5 Å². The summed E-state index contributed by atoms with van der Waals surface area (Å²) in [6.07, 6.45) is 1.88. The van der Waals surface area contributed by atoms with Crippen LogP contribution in [0.15, 0.2) is 77.4 Å². The molecule has 2 aliphatic heterocycles. The first kappa shape index (κ1) is 23.2. The molecule has 2 aliphatic rings. The lowest BCUT2D eigenvalue weighted by Crippen LogP contribution is -2.57. The third kappa shape index (κ3) is 4.46. The number of nitrogens with zero attached hydrogens (tertiary/aromatic N) is 1. The molecule has 7 nitrogen and oxygen atoms in total. The summed E-state index contributed by atoms with van der Waals surface area (Å²) in [5.74, 6) is -0.166. The van der Waals surface area contributed by atoms with Crippen LogP contribution < -0.4 is 10.6 Å². The smallest absolute Gasteiger partial charge is 0.256 e. The Labute approximate surface area is 208 Å². The Morgan fingerprint density at radius 1 is 1.06 bits per heavy atom. The van der Waals surface area contributed by atoms with Crippen molar-refractivity contribution in [2.24, 2.45) is 0 Å². The molecule has 1 fully saturated rings. The van der Waals surface area contributed by atoms with Crippen molar-refractivity contribution in [1.29, 1.82) is 0 Å². The summed E-state index contributed by atoms with van der Waals surface area (Å²) in [5.41, 5.74) is 2.49. The summed E-state index contributed by atoms with van der Waals surface area (Å²) < 4.78 is 4.78. The van der Waals surface area contributed by atoms with Crippen molar-refractivity contribution < 1.29 is 18.8 Å². The molecule has 1 aromatic heterocycles. The van der Waals surface area contributed by atoms with Gasteiger partial charge in [-0.05, 0) is 43.2 Å². The second-order valence-corrected chi connectivity index (χ2v) is 11.1. The highest BCUT2D eigenvalue weighted by atomic mass is 32.2. The third-order valence-corrected chi connectivity index (χ3v) is 8.01. The number of amides is 3. The molecule has 3 heterocycles. The van der Waals surface area contributed by atoms with Crippen LogP contribution in [0.4, 0.5) is 0 Å². The summed E-state index contributed by atoms with van der Waals surface area (Å²) in [7, 11) is 0. The number of furan rings is 1. The second-order valence-electron chi connectivity index (χ2n) is 9.32. The monoisotopic (exact) mass is 489 g/mol. The van der Waals surface area contributed by atoms with Crippen LogP contribution in [-0.4, -0.2) is 39.5 Å². The van der Waals surface area contributed by atoms with Gasteiger partial charge in [0.15, 0.2) is 0 Å². The molecular formula is C27H27N3O4S.